The van der Waals surface area contributed by atoms with Gasteiger partial charge in [-0.15, -0.1) is 0 Å². The number of fused-ring (bicyclic) bond motifs is 1. The number of rotatable bonds is 5. The molecule has 0 bridgehead atoms. The first-order valence-electron chi connectivity index (χ1n) is 5.90. The molecule has 1 aliphatic heterocycles. The molecule has 92 valence electrons. The largest absolute Gasteiger partial charge is 0.394 e. The summed E-state index contributed by atoms with van der Waals surface area (Å²) in [6.45, 7) is 1.35. The van der Waals surface area contributed by atoms with E-state index in [-0.39, 0.29) is 12.5 Å². The summed E-state index contributed by atoms with van der Waals surface area (Å²) in [7, 11) is 0. The van der Waals surface area contributed by atoms with Gasteiger partial charge in [0.25, 0.3) is 0 Å². The third-order valence-electron chi connectivity index (χ3n) is 2.89. The molecule has 0 saturated heterocycles. The third-order valence-corrected chi connectivity index (χ3v) is 2.89. The van der Waals surface area contributed by atoms with Gasteiger partial charge in [0.05, 0.1) is 19.8 Å². The molecule has 0 unspecified atom stereocenters. The molecule has 2 rings (SSSR count). The second kappa shape index (κ2) is 5.80. The van der Waals surface area contributed by atoms with Crippen molar-refractivity contribution in [3.63, 3.8) is 0 Å². The van der Waals surface area contributed by atoms with Crippen molar-refractivity contribution >= 4 is 11.6 Å². The van der Waals surface area contributed by atoms with Crippen LogP contribution in [0, 0.1) is 0 Å². The van der Waals surface area contributed by atoms with Crippen molar-refractivity contribution in [1.82, 2.24) is 0 Å². The summed E-state index contributed by atoms with van der Waals surface area (Å²) in [6, 6.07) is 7.97. The fourth-order valence-electron chi connectivity index (χ4n) is 2.06. The number of amides is 1. The van der Waals surface area contributed by atoms with Crippen molar-refractivity contribution in [2.24, 2.45) is 0 Å². The van der Waals surface area contributed by atoms with Gasteiger partial charge in [0, 0.05) is 18.7 Å². The molecule has 17 heavy (non-hydrogen) atoms. The van der Waals surface area contributed by atoms with Crippen molar-refractivity contribution in [3.05, 3.63) is 29.8 Å². The highest BCUT2D eigenvalue weighted by atomic mass is 16.5. The Morgan fingerprint density at radius 2 is 2.06 bits per heavy atom. The van der Waals surface area contributed by atoms with Crippen LogP contribution >= 0.6 is 0 Å². The van der Waals surface area contributed by atoms with Gasteiger partial charge in [0.1, 0.15) is 0 Å². The molecule has 4 nitrogen and oxygen atoms in total. The maximum Gasteiger partial charge on any atom is 0.227 e. The van der Waals surface area contributed by atoms with Crippen LogP contribution in [0.5, 0.6) is 0 Å². The molecular weight excluding hydrogens is 218 g/mol. The van der Waals surface area contributed by atoms with E-state index in [1.807, 2.05) is 18.2 Å². The Morgan fingerprint density at radius 1 is 1.24 bits per heavy atom. The molecule has 1 amide bonds. The first-order valence-corrected chi connectivity index (χ1v) is 5.90. The van der Waals surface area contributed by atoms with Crippen molar-refractivity contribution in [3.8, 4) is 0 Å². The van der Waals surface area contributed by atoms with Crippen molar-refractivity contribution in [2.45, 2.75) is 12.8 Å². The smallest absolute Gasteiger partial charge is 0.227 e. The standard InChI is InChI=1S/C13H17NO3/c15-8-10-17-9-7-14-12-4-2-1-3-11(12)5-6-13(14)16/h1-4,15H,5-10H2. The summed E-state index contributed by atoms with van der Waals surface area (Å²) in [4.78, 5) is 13.6. The highest BCUT2D eigenvalue weighted by molar-refractivity contribution is 5.96. The lowest BCUT2D eigenvalue weighted by molar-refractivity contribution is -0.119. The Hall–Kier alpha value is -1.39. The van der Waals surface area contributed by atoms with E-state index in [1.54, 1.807) is 4.90 Å². The van der Waals surface area contributed by atoms with Gasteiger partial charge in [-0.3, -0.25) is 4.79 Å². The van der Waals surface area contributed by atoms with Gasteiger partial charge in [0.2, 0.25) is 5.91 Å². The quantitative estimate of drug-likeness (QED) is 0.774. The Labute approximate surface area is 101 Å². The Bertz CT molecular complexity index is 392. The summed E-state index contributed by atoms with van der Waals surface area (Å²) in [6.07, 6.45) is 1.39. The number of aryl methyl sites for hydroxylation is 1. The summed E-state index contributed by atoms with van der Waals surface area (Å²) < 4.78 is 5.21. The number of anilines is 1. The number of aliphatic hydroxyl groups is 1. The number of hydrogen-bond acceptors (Lipinski definition) is 3. The van der Waals surface area contributed by atoms with Crippen LogP contribution in [-0.4, -0.2) is 37.4 Å². The minimum Gasteiger partial charge on any atom is -0.394 e. The number of para-hydroxylation sites is 1. The van der Waals surface area contributed by atoms with Crippen LogP contribution in [0.15, 0.2) is 24.3 Å². The van der Waals surface area contributed by atoms with Crippen LogP contribution in [0.25, 0.3) is 0 Å². The van der Waals surface area contributed by atoms with Gasteiger partial charge in [-0.2, -0.15) is 0 Å². The Balaban J connectivity index is 2.02. The molecule has 1 aromatic carbocycles. The van der Waals surface area contributed by atoms with E-state index in [0.29, 0.717) is 26.2 Å². The molecule has 0 spiro atoms. The number of hydrogen-bond donors (Lipinski definition) is 1. The topological polar surface area (TPSA) is 49.8 Å². The van der Waals surface area contributed by atoms with E-state index in [0.717, 1.165) is 12.1 Å². The molecule has 0 atom stereocenters. The van der Waals surface area contributed by atoms with Crippen LogP contribution in [0.1, 0.15) is 12.0 Å². The molecular formula is C13H17NO3. The predicted molar refractivity (Wildman–Crippen MR) is 65.0 cm³/mol. The van der Waals surface area contributed by atoms with E-state index in [2.05, 4.69) is 6.07 Å². The second-order valence-electron chi connectivity index (χ2n) is 4.01. The average molecular weight is 235 g/mol. The summed E-state index contributed by atoms with van der Waals surface area (Å²) in [5.74, 6) is 0.149. The molecule has 1 N–H and O–H groups in total. The van der Waals surface area contributed by atoms with Gasteiger partial charge in [-0.05, 0) is 18.1 Å². The SMILES string of the molecule is O=C1CCc2ccccc2N1CCOCCO. The van der Waals surface area contributed by atoms with E-state index >= 15 is 0 Å². The van der Waals surface area contributed by atoms with Gasteiger partial charge in [-0.25, -0.2) is 0 Å². The molecule has 0 aliphatic carbocycles. The van der Waals surface area contributed by atoms with Crippen LogP contribution in [-0.2, 0) is 16.0 Å². The number of aliphatic hydroxyl groups excluding tert-OH is 1. The normalized spacial score (nSPS) is 14.9. The minimum absolute atomic E-state index is 0.0184. The summed E-state index contributed by atoms with van der Waals surface area (Å²) in [5.41, 5.74) is 2.21. The fourth-order valence-corrected chi connectivity index (χ4v) is 2.06. The second-order valence-corrected chi connectivity index (χ2v) is 4.01. The molecule has 1 aromatic rings. The molecule has 0 aromatic heterocycles. The molecule has 1 aliphatic rings. The number of carbonyl (C=O) groups excluding carboxylic acids is 1. The lowest BCUT2D eigenvalue weighted by atomic mass is 10.0. The highest BCUT2D eigenvalue weighted by Gasteiger charge is 2.22. The number of nitrogens with zero attached hydrogens (tertiary/aromatic N) is 1. The molecule has 0 fully saturated rings. The van der Waals surface area contributed by atoms with Crippen molar-refractivity contribution in [2.75, 3.05) is 31.3 Å². The van der Waals surface area contributed by atoms with E-state index in [4.69, 9.17) is 9.84 Å². The first kappa shape index (κ1) is 12.1. The fraction of sp³-hybridized carbons (Fsp3) is 0.462. The van der Waals surface area contributed by atoms with E-state index < -0.39 is 0 Å². The van der Waals surface area contributed by atoms with Crippen LogP contribution in [0.3, 0.4) is 0 Å². The molecule has 1 heterocycles. The minimum atomic E-state index is 0.0184. The van der Waals surface area contributed by atoms with Gasteiger partial charge in [0.15, 0.2) is 0 Å². The molecule has 0 saturated carbocycles. The molecule has 4 heteroatoms. The Kier molecular flexibility index (Phi) is 4.12. The maximum absolute atomic E-state index is 11.8. The zero-order valence-electron chi connectivity index (χ0n) is 9.76. The zero-order chi connectivity index (χ0) is 12.1. The summed E-state index contributed by atoms with van der Waals surface area (Å²) in [5, 5.41) is 8.61. The molecule has 0 radical (unpaired) electrons. The van der Waals surface area contributed by atoms with Crippen molar-refractivity contribution in [1.29, 1.82) is 0 Å². The maximum atomic E-state index is 11.8. The van der Waals surface area contributed by atoms with Gasteiger partial charge < -0.3 is 14.7 Å². The number of ether oxygens (including phenoxy) is 1. The van der Waals surface area contributed by atoms with Crippen LogP contribution in [0.4, 0.5) is 5.69 Å². The third kappa shape index (κ3) is 2.84. The first-order chi connectivity index (χ1) is 8.33. The lowest BCUT2D eigenvalue weighted by Gasteiger charge is -2.29. The van der Waals surface area contributed by atoms with E-state index in [9.17, 15) is 4.79 Å². The van der Waals surface area contributed by atoms with E-state index in [1.165, 1.54) is 5.56 Å². The summed E-state index contributed by atoms with van der Waals surface area (Å²) >= 11 is 0. The monoisotopic (exact) mass is 235 g/mol. The van der Waals surface area contributed by atoms with Gasteiger partial charge >= 0.3 is 0 Å². The Morgan fingerprint density at radius 3 is 2.88 bits per heavy atom. The van der Waals surface area contributed by atoms with Gasteiger partial charge in [-0.1, -0.05) is 18.2 Å². The zero-order valence-corrected chi connectivity index (χ0v) is 9.76. The predicted octanol–water partition coefficient (Wildman–Crippen LogP) is 0.975. The van der Waals surface area contributed by atoms with Crippen LogP contribution < -0.4 is 4.90 Å². The average Bonchev–Trinajstić information content (AvgIpc) is 2.37. The van der Waals surface area contributed by atoms with Crippen molar-refractivity contribution < 1.29 is 14.6 Å². The van der Waals surface area contributed by atoms with Crippen LogP contribution in [0.2, 0.25) is 0 Å². The number of benzene rings is 1. The number of carbonyl (C=O) groups is 1. The lowest BCUT2D eigenvalue weighted by Crippen LogP contribution is -2.37. The highest BCUT2D eigenvalue weighted by Crippen LogP contribution is 2.26.